The zero-order chi connectivity index (χ0) is 17.6. The molecular weight excluding hydrogens is 363 g/mol. The minimum absolute atomic E-state index is 0.151. The number of ether oxygens (including phenoxy) is 1. The van der Waals surface area contributed by atoms with E-state index in [4.69, 9.17) is 39.1 Å². The molecular formula is C13H18Cl2N4O3S. The van der Waals surface area contributed by atoms with Gasteiger partial charge in [-0.05, 0) is 25.3 Å². The van der Waals surface area contributed by atoms with Crippen molar-refractivity contribution in [2.75, 3.05) is 13.7 Å². The van der Waals surface area contributed by atoms with Crippen molar-refractivity contribution < 1.29 is 14.3 Å². The van der Waals surface area contributed by atoms with E-state index in [-0.39, 0.29) is 5.96 Å². The lowest BCUT2D eigenvalue weighted by Gasteiger charge is -2.16. The summed E-state index contributed by atoms with van der Waals surface area (Å²) in [6, 6.07) is -0.805. The van der Waals surface area contributed by atoms with Crippen molar-refractivity contribution in [1.82, 2.24) is 10.6 Å². The summed E-state index contributed by atoms with van der Waals surface area (Å²) in [5.41, 5.74) is 5.74. The summed E-state index contributed by atoms with van der Waals surface area (Å²) < 4.78 is 5.03. The van der Waals surface area contributed by atoms with Crippen LogP contribution >= 0.6 is 34.5 Å². The Bertz CT molecular complexity index is 606. The topological polar surface area (TPSA) is 117 Å². The molecule has 1 aromatic heterocycles. The molecule has 0 aromatic carbocycles. The molecule has 0 aliphatic carbocycles. The van der Waals surface area contributed by atoms with Gasteiger partial charge in [0.1, 0.15) is 10.4 Å². The molecule has 1 rings (SSSR count). The van der Waals surface area contributed by atoms with Gasteiger partial charge >= 0.3 is 5.97 Å². The number of methoxy groups -OCH3 is 1. The van der Waals surface area contributed by atoms with Crippen molar-refractivity contribution in [3.8, 4) is 0 Å². The van der Waals surface area contributed by atoms with E-state index in [9.17, 15) is 9.59 Å². The number of nitrogens with one attached hydrogen (secondary N) is 3. The minimum atomic E-state index is -0.805. The molecule has 0 unspecified atom stereocenters. The Morgan fingerprint density at radius 3 is 2.57 bits per heavy atom. The third-order valence-corrected chi connectivity index (χ3v) is 5.20. The molecule has 1 atom stereocenters. The number of esters is 1. The van der Waals surface area contributed by atoms with Gasteiger partial charge in [-0.25, -0.2) is 4.79 Å². The summed E-state index contributed by atoms with van der Waals surface area (Å²) >= 11 is 12.9. The van der Waals surface area contributed by atoms with E-state index in [1.807, 2.05) is 0 Å². The number of amides is 1. The lowest BCUT2D eigenvalue weighted by molar-refractivity contribution is -0.143. The Hall–Kier alpha value is -1.51. The Balaban J connectivity index is 2.72. The Labute approximate surface area is 148 Å². The largest absolute Gasteiger partial charge is 0.467 e. The molecule has 23 heavy (non-hydrogen) atoms. The molecule has 5 N–H and O–H groups in total. The summed E-state index contributed by atoms with van der Waals surface area (Å²) in [6.07, 6.45) is 0.856. The summed E-state index contributed by atoms with van der Waals surface area (Å²) in [4.78, 5) is 24.5. The van der Waals surface area contributed by atoms with Crippen LogP contribution < -0.4 is 16.4 Å². The molecule has 1 aromatic rings. The molecule has 0 spiro atoms. The third kappa shape index (κ3) is 5.56. The molecule has 1 amide bonds. The number of hydrogen-bond acceptors (Lipinski definition) is 5. The maximum absolute atomic E-state index is 12.3. The molecule has 0 bridgehead atoms. The second kappa shape index (κ2) is 8.95. The van der Waals surface area contributed by atoms with Crippen LogP contribution in [0.3, 0.4) is 0 Å². The number of hydrogen-bond donors (Lipinski definition) is 4. The number of rotatable bonds is 7. The Morgan fingerprint density at radius 1 is 1.43 bits per heavy atom. The normalized spacial score (nSPS) is 11.7. The fraction of sp³-hybridized carbons (Fsp3) is 0.462. The number of carbonyl (C=O) groups excluding carboxylic acids is 2. The fourth-order valence-electron chi connectivity index (χ4n) is 1.82. The zero-order valence-corrected chi connectivity index (χ0v) is 15.0. The van der Waals surface area contributed by atoms with Gasteiger partial charge in [0.15, 0.2) is 5.96 Å². The van der Waals surface area contributed by atoms with Crippen LogP contribution in [0.15, 0.2) is 0 Å². The van der Waals surface area contributed by atoms with Crippen LogP contribution in [0.2, 0.25) is 9.36 Å². The van der Waals surface area contributed by atoms with Gasteiger partial charge in [0.05, 0.1) is 17.0 Å². The molecule has 128 valence electrons. The van der Waals surface area contributed by atoms with Gasteiger partial charge < -0.3 is 21.1 Å². The van der Waals surface area contributed by atoms with Crippen LogP contribution in [0.25, 0.3) is 0 Å². The smallest absolute Gasteiger partial charge is 0.328 e. The standard InChI is InChI=1S/C13H18Cl2N4O3S/c1-6-8(14)10(15)23-9(6)11(20)19-7(12(21)22-2)4-3-5-18-13(16)17/h7H,3-5H2,1-2H3,(H,19,20)(H4,16,17,18)/t7-/m0/s1. The molecule has 0 saturated heterocycles. The van der Waals surface area contributed by atoms with Crippen LogP contribution in [0.4, 0.5) is 0 Å². The van der Waals surface area contributed by atoms with Gasteiger partial charge in [-0.1, -0.05) is 23.2 Å². The number of guanidine groups is 1. The summed E-state index contributed by atoms with van der Waals surface area (Å²) in [5, 5.41) is 12.6. The monoisotopic (exact) mass is 380 g/mol. The second-order valence-corrected chi connectivity index (χ2v) is 6.68. The van der Waals surface area contributed by atoms with Crippen molar-refractivity contribution in [2.24, 2.45) is 5.73 Å². The molecule has 0 radical (unpaired) electrons. The maximum Gasteiger partial charge on any atom is 0.328 e. The number of halogens is 2. The first-order chi connectivity index (χ1) is 10.8. The number of thiophene rings is 1. The highest BCUT2D eigenvalue weighted by Crippen LogP contribution is 2.36. The van der Waals surface area contributed by atoms with Crippen molar-refractivity contribution in [3.63, 3.8) is 0 Å². The third-order valence-electron chi connectivity index (χ3n) is 3.02. The van der Waals surface area contributed by atoms with Gasteiger partial charge in [-0.2, -0.15) is 0 Å². The molecule has 1 heterocycles. The predicted molar refractivity (Wildman–Crippen MR) is 91.5 cm³/mol. The van der Waals surface area contributed by atoms with E-state index in [0.29, 0.717) is 39.2 Å². The Morgan fingerprint density at radius 2 is 2.09 bits per heavy atom. The minimum Gasteiger partial charge on any atom is -0.467 e. The first-order valence-corrected chi connectivity index (χ1v) is 8.26. The van der Waals surface area contributed by atoms with Crippen molar-refractivity contribution in [1.29, 1.82) is 5.41 Å². The quantitative estimate of drug-likeness (QED) is 0.249. The van der Waals surface area contributed by atoms with Crippen molar-refractivity contribution in [3.05, 3.63) is 19.8 Å². The van der Waals surface area contributed by atoms with E-state index < -0.39 is 17.9 Å². The van der Waals surface area contributed by atoms with E-state index in [0.717, 1.165) is 11.3 Å². The summed E-state index contributed by atoms with van der Waals surface area (Å²) in [5.74, 6) is -1.13. The summed E-state index contributed by atoms with van der Waals surface area (Å²) in [7, 11) is 1.25. The molecule has 0 aliphatic rings. The van der Waals surface area contributed by atoms with Crippen LogP contribution in [0.1, 0.15) is 28.1 Å². The lowest BCUT2D eigenvalue weighted by Crippen LogP contribution is -2.42. The average Bonchev–Trinajstić information content (AvgIpc) is 2.76. The Kier molecular flexibility index (Phi) is 7.60. The van der Waals surface area contributed by atoms with Crippen LogP contribution in [0, 0.1) is 12.3 Å². The van der Waals surface area contributed by atoms with Gasteiger partial charge in [0.25, 0.3) is 5.91 Å². The fourth-order valence-corrected chi connectivity index (χ4v) is 3.29. The summed E-state index contributed by atoms with van der Waals surface area (Å²) in [6.45, 7) is 2.10. The lowest BCUT2D eigenvalue weighted by atomic mass is 10.1. The highest BCUT2D eigenvalue weighted by Gasteiger charge is 2.25. The zero-order valence-electron chi connectivity index (χ0n) is 12.7. The highest BCUT2D eigenvalue weighted by molar-refractivity contribution is 7.19. The van der Waals surface area contributed by atoms with Gasteiger partial charge in [0, 0.05) is 6.54 Å². The van der Waals surface area contributed by atoms with E-state index in [1.54, 1.807) is 6.92 Å². The number of nitrogens with two attached hydrogens (primary N) is 1. The second-order valence-electron chi connectivity index (χ2n) is 4.68. The van der Waals surface area contributed by atoms with Crippen molar-refractivity contribution in [2.45, 2.75) is 25.8 Å². The van der Waals surface area contributed by atoms with E-state index >= 15 is 0 Å². The molecule has 0 saturated carbocycles. The van der Waals surface area contributed by atoms with Gasteiger partial charge in [0.2, 0.25) is 0 Å². The molecule has 0 fully saturated rings. The number of carbonyl (C=O) groups is 2. The molecule has 10 heteroatoms. The van der Waals surface area contributed by atoms with Crippen LogP contribution in [-0.2, 0) is 9.53 Å². The predicted octanol–water partition coefficient (Wildman–Crippen LogP) is 1.90. The first-order valence-electron chi connectivity index (χ1n) is 6.68. The van der Waals surface area contributed by atoms with Crippen molar-refractivity contribution >= 4 is 52.4 Å². The average molecular weight is 381 g/mol. The van der Waals surface area contributed by atoms with Gasteiger partial charge in [-0.3, -0.25) is 10.2 Å². The van der Waals surface area contributed by atoms with E-state index in [1.165, 1.54) is 7.11 Å². The molecule has 0 aliphatic heterocycles. The SMILES string of the molecule is COC(=O)[C@H](CCCNC(=N)N)NC(=O)c1sc(Cl)c(Cl)c1C. The maximum atomic E-state index is 12.3. The van der Waals surface area contributed by atoms with Crippen LogP contribution in [-0.4, -0.2) is 37.5 Å². The molecule has 7 nitrogen and oxygen atoms in total. The van der Waals surface area contributed by atoms with Crippen LogP contribution in [0.5, 0.6) is 0 Å². The van der Waals surface area contributed by atoms with Gasteiger partial charge in [-0.15, -0.1) is 11.3 Å². The first kappa shape index (κ1) is 19.5. The highest BCUT2D eigenvalue weighted by atomic mass is 35.5. The van der Waals surface area contributed by atoms with E-state index in [2.05, 4.69) is 10.6 Å².